The number of rotatable bonds is 2. The van der Waals surface area contributed by atoms with Gasteiger partial charge in [0, 0.05) is 12.6 Å². The van der Waals surface area contributed by atoms with Crippen LogP contribution in [0.5, 0.6) is 11.5 Å². The van der Waals surface area contributed by atoms with Crippen molar-refractivity contribution in [3.8, 4) is 11.5 Å². The molecule has 0 aromatic heterocycles. The van der Waals surface area contributed by atoms with Crippen molar-refractivity contribution >= 4 is 0 Å². The summed E-state index contributed by atoms with van der Waals surface area (Å²) in [6, 6.07) is 6.84. The van der Waals surface area contributed by atoms with Crippen LogP contribution < -0.4 is 14.8 Å². The van der Waals surface area contributed by atoms with Crippen molar-refractivity contribution in [2.75, 3.05) is 13.3 Å². The minimum atomic E-state index is 0.362. The van der Waals surface area contributed by atoms with Crippen molar-refractivity contribution < 1.29 is 9.47 Å². The van der Waals surface area contributed by atoms with Crippen LogP contribution in [-0.2, 0) is 6.42 Å². The Balaban J connectivity index is 1.86. The van der Waals surface area contributed by atoms with Crippen LogP contribution >= 0.6 is 0 Å². The largest absolute Gasteiger partial charge is 0.454 e. The maximum atomic E-state index is 5.30. The second-order valence-electron chi connectivity index (χ2n) is 3.50. The number of fused-ring (bicyclic) bond motifs is 1. The summed E-state index contributed by atoms with van der Waals surface area (Å²) < 4.78 is 10.5. The lowest BCUT2D eigenvalue weighted by molar-refractivity contribution is 0.174. The van der Waals surface area contributed by atoms with Gasteiger partial charge in [0.05, 0.1) is 0 Å². The summed E-state index contributed by atoms with van der Waals surface area (Å²) in [7, 11) is 0. The topological polar surface area (TPSA) is 40.4 Å². The van der Waals surface area contributed by atoms with Gasteiger partial charge in [0.25, 0.3) is 0 Å². The van der Waals surface area contributed by atoms with Crippen molar-refractivity contribution in [1.82, 2.24) is 5.32 Å². The SMILES string of the molecule is c1cc2c(cc1CC1CN1)OCO2. The minimum absolute atomic E-state index is 0.362. The molecule has 1 atom stereocenters. The van der Waals surface area contributed by atoms with Crippen LogP contribution in [0.4, 0.5) is 0 Å². The van der Waals surface area contributed by atoms with Crippen molar-refractivity contribution in [3.05, 3.63) is 23.8 Å². The highest BCUT2D eigenvalue weighted by atomic mass is 16.7. The van der Waals surface area contributed by atoms with E-state index in [1.807, 2.05) is 6.07 Å². The van der Waals surface area contributed by atoms with Crippen LogP contribution in [0.1, 0.15) is 5.56 Å². The lowest BCUT2D eigenvalue weighted by Crippen LogP contribution is -1.96. The van der Waals surface area contributed by atoms with Gasteiger partial charge in [0.2, 0.25) is 6.79 Å². The number of hydrogen-bond acceptors (Lipinski definition) is 3. The van der Waals surface area contributed by atoms with Crippen molar-refractivity contribution in [2.24, 2.45) is 0 Å². The van der Waals surface area contributed by atoms with E-state index in [4.69, 9.17) is 9.47 Å². The molecule has 3 nitrogen and oxygen atoms in total. The highest BCUT2D eigenvalue weighted by Crippen LogP contribution is 2.32. The summed E-state index contributed by atoms with van der Waals surface area (Å²) in [5.41, 5.74) is 1.32. The Labute approximate surface area is 76.7 Å². The molecule has 3 rings (SSSR count). The molecule has 68 valence electrons. The van der Waals surface area contributed by atoms with E-state index >= 15 is 0 Å². The Morgan fingerprint density at radius 3 is 3.00 bits per heavy atom. The van der Waals surface area contributed by atoms with E-state index in [9.17, 15) is 0 Å². The predicted molar refractivity (Wildman–Crippen MR) is 48.1 cm³/mol. The van der Waals surface area contributed by atoms with E-state index in [0.29, 0.717) is 12.8 Å². The van der Waals surface area contributed by atoms with Crippen LogP contribution in [0.3, 0.4) is 0 Å². The predicted octanol–water partition coefficient (Wildman–Crippen LogP) is 0.930. The van der Waals surface area contributed by atoms with Crippen molar-refractivity contribution in [1.29, 1.82) is 0 Å². The summed E-state index contributed by atoms with van der Waals surface area (Å²) in [5.74, 6) is 1.76. The van der Waals surface area contributed by atoms with E-state index in [2.05, 4.69) is 17.4 Å². The van der Waals surface area contributed by atoms with Gasteiger partial charge in [0.1, 0.15) is 0 Å². The smallest absolute Gasteiger partial charge is 0.231 e. The third kappa shape index (κ3) is 1.35. The van der Waals surface area contributed by atoms with Gasteiger partial charge in [-0.2, -0.15) is 0 Å². The molecule has 1 unspecified atom stereocenters. The van der Waals surface area contributed by atoms with Crippen molar-refractivity contribution in [3.63, 3.8) is 0 Å². The zero-order chi connectivity index (χ0) is 8.67. The fraction of sp³-hybridized carbons (Fsp3) is 0.400. The molecule has 0 aliphatic carbocycles. The highest BCUT2D eigenvalue weighted by molar-refractivity contribution is 5.44. The molecule has 0 amide bonds. The molecule has 3 heteroatoms. The molecule has 2 aliphatic rings. The molecule has 1 N–H and O–H groups in total. The number of benzene rings is 1. The summed E-state index contributed by atoms with van der Waals surface area (Å²) in [4.78, 5) is 0. The summed E-state index contributed by atoms with van der Waals surface area (Å²) >= 11 is 0. The van der Waals surface area contributed by atoms with Gasteiger partial charge >= 0.3 is 0 Å². The Kier molecular flexibility index (Phi) is 1.46. The van der Waals surface area contributed by atoms with Crippen LogP contribution in [0.2, 0.25) is 0 Å². The second-order valence-corrected chi connectivity index (χ2v) is 3.50. The first-order valence-corrected chi connectivity index (χ1v) is 4.54. The number of hydrogen-bond donors (Lipinski definition) is 1. The van der Waals surface area contributed by atoms with Crippen LogP contribution in [0.25, 0.3) is 0 Å². The summed E-state index contributed by atoms with van der Waals surface area (Å²) in [6.07, 6.45) is 1.09. The molecule has 1 aromatic carbocycles. The summed E-state index contributed by atoms with van der Waals surface area (Å²) in [6.45, 7) is 1.51. The molecule has 2 aliphatic heterocycles. The number of ether oxygens (including phenoxy) is 2. The van der Waals surface area contributed by atoms with Crippen LogP contribution in [-0.4, -0.2) is 19.4 Å². The summed E-state index contributed by atoms with van der Waals surface area (Å²) in [5, 5.41) is 3.28. The molecular weight excluding hydrogens is 166 g/mol. The van der Waals surface area contributed by atoms with Gasteiger partial charge < -0.3 is 14.8 Å². The highest BCUT2D eigenvalue weighted by Gasteiger charge is 2.21. The zero-order valence-electron chi connectivity index (χ0n) is 7.25. The lowest BCUT2D eigenvalue weighted by Gasteiger charge is -2.00. The van der Waals surface area contributed by atoms with Crippen LogP contribution in [0.15, 0.2) is 18.2 Å². The Morgan fingerprint density at radius 1 is 1.31 bits per heavy atom. The molecule has 0 radical (unpaired) electrons. The average Bonchev–Trinajstić information content (AvgIpc) is 2.83. The molecule has 1 saturated heterocycles. The fourth-order valence-corrected chi connectivity index (χ4v) is 1.58. The molecule has 1 aromatic rings. The molecule has 0 saturated carbocycles. The van der Waals surface area contributed by atoms with Gasteiger partial charge in [-0.25, -0.2) is 0 Å². The maximum Gasteiger partial charge on any atom is 0.231 e. The Hall–Kier alpha value is -1.22. The van der Waals surface area contributed by atoms with E-state index in [1.54, 1.807) is 0 Å². The monoisotopic (exact) mass is 177 g/mol. The molecule has 13 heavy (non-hydrogen) atoms. The van der Waals surface area contributed by atoms with E-state index < -0.39 is 0 Å². The number of nitrogens with one attached hydrogen (secondary N) is 1. The minimum Gasteiger partial charge on any atom is -0.454 e. The van der Waals surface area contributed by atoms with E-state index in [-0.39, 0.29) is 0 Å². The molecule has 2 heterocycles. The molecule has 0 bridgehead atoms. The first-order chi connectivity index (χ1) is 6.42. The molecular formula is C10H11NO2. The normalized spacial score (nSPS) is 23.2. The van der Waals surface area contributed by atoms with Gasteiger partial charge in [-0.1, -0.05) is 6.07 Å². The van der Waals surface area contributed by atoms with E-state index in [1.165, 1.54) is 5.56 Å². The van der Waals surface area contributed by atoms with Gasteiger partial charge in [-0.05, 0) is 24.1 Å². The lowest BCUT2D eigenvalue weighted by atomic mass is 10.1. The second kappa shape index (κ2) is 2.64. The third-order valence-corrected chi connectivity index (χ3v) is 2.41. The quantitative estimate of drug-likeness (QED) is 0.683. The van der Waals surface area contributed by atoms with Gasteiger partial charge in [0.15, 0.2) is 11.5 Å². The van der Waals surface area contributed by atoms with Crippen molar-refractivity contribution in [2.45, 2.75) is 12.5 Å². The first-order valence-electron chi connectivity index (χ1n) is 4.54. The Bertz CT molecular complexity index is 334. The average molecular weight is 177 g/mol. The van der Waals surface area contributed by atoms with E-state index in [0.717, 1.165) is 24.5 Å². The zero-order valence-corrected chi connectivity index (χ0v) is 7.25. The standard InChI is InChI=1S/C10H11NO2/c1-2-9-10(13-6-12-9)4-7(1)3-8-5-11-8/h1-2,4,8,11H,3,5-6H2. The fourth-order valence-electron chi connectivity index (χ4n) is 1.58. The van der Waals surface area contributed by atoms with Gasteiger partial charge in [-0.15, -0.1) is 0 Å². The molecule has 0 spiro atoms. The third-order valence-electron chi connectivity index (χ3n) is 2.41. The first kappa shape index (κ1) is 7.21. The molecule has 1 fully saturated rings. The maximum absolute atomic E-state index is 5.30. The van der Waals surface area contributed by atoms with Gasteiger partial charge in [-0.3, -0.25) is 0 Å². The Morgan fingerprint density at radius 2 is 2.15 bits per heavy atom. The van der Waals surface area contributed by atoms with Crippen LogP contribution in [0, 0.1) is 0 Å².